The SMILES string of the molecule is COCCOCc1cc(C(=O)NC(CN)C2CC2)ccc1F. The van der Waals surface area contributed by atoms with Crippen molar-refractivity contribution >= 4 is 5.91 Å². The lowest BCUT2D eigenvalue weighted by atomic mass is 10.1. The van der Waals surface area contributed by atoms with Gasteiger partial charge in [0.25, 0.3) is 5.91 Å². The second-order valence-corrected chi connectivity index (χ2v) is 5.50. The topological polar surface area (TPSA) is 73.6 Å². The van der Waals surface area contributed by atoms with Gasteiger partial charge in [-0.05, 0) is 37.0 Å². The molecule has 1 atom stereocenters. The van der Waals surface area contributed by atoms with Gasteiger partial charge in [0.1, 0.15) is 5.82 Å². The van der Waals surface area contributed by atoms with Crippen LogP contribution in [-0.4, -0.2) is 38.8 Å². The summed E-state index contributed by atoms with van der Waals surface area (Å²) in [5, 5.41) is 2.92. The van der Waals surface area contributed by atoms with E-state index in [0.717, 1.165) is 12.8 Å². The quantitative estimate of drug-likeness (QED) is 0.677. The Bertz CT molecular complexity index is 506. The number of carbonyl (C=O) groups is 1. The lowest BCUT2D eigenvalue weighted by Crippen LogP contribution is -2.41. The molecule has 0 radical (unpaired) electrons. The van der Waals surface area contributed by atoms with Gasteiger partial charge in [-0.3, -0.25) is 4.79 Å². The monoisotopic (exact) mass is 310 g/mol. The van der Waals surface area contributed by atoms with E-state index in [9.17, 15) is 9.18 Å². The van der Waals surface area contributed by atoms with Crippen LogP contribution in [0.4, 0.5) is 4.39 Å². The second kappa shape index (κ2) is 8.22. The molecule has 0 aliphatic heterocycles. The Morgan fingerprint density at radius 3 is 2.86 bits per heavy atom. The molecule has 0 bridgehead atoms. The molecule has 122 valence electrons. The van der Waals surface area contributed by atoms with E-state index < -0.39 is 0 Å². The van der Waals surface area contributed by atoms with Crippen LogP contribution in [0.2, 0.25) is 0 Å². The van der Waals surface area contributed by atoms with Crippen LogP contribution < -0.4 is 11.1 Å². The highest BCUT2D eigenvalue weighted by Crippen LogP contribution is 2.32. The first kappa shape index (κ1) is 16.9. The van der Waals surface area contributed by atoms with Crippen LogP contribution in [0, 0.1) is 11.7 Å². The molecule has 1 saturated carbocycles. The molecule has 1 aromatic carbocycles. The first-order chi connectivity index (χ1) is 10.7. The van der Waals surface area contributed by atoms with Crippen LogP contribution in [0.1, 0.15) is 28.8 Å². The van der Waals surface area contributed by atoms with Gasteiger partial charge in [0.05, 0.1) is 19.8 Å². The van der Waals surface area contributed by atoms with Crippen LogP contribution in [-0.2, 0) is 16.1 Å². The number of hydrogen-bond donors (Lipinski definition) is 2. The third kappa shape index (κ3) is 4.76. The highest BCUT2D eigenvalue weighted by Gasteiger charge is 2.31. The maximum absolute atomic E-state index is 13.7. The van der Waals surface area contributed by atoms with Crippen LogP contribution in [0.5, 0.6) is 0 Å². The molecular weight excluding hydrogens is 287 g/mol. The Hall–Kier alpha value is -1.50. The van der Waals surface area contributed by atoms with Gasteiger partial charge in [0.15, 0.2) is 0 Å². The van der Waals surface area contributed by atoms with Gasteiger partial charge in [0, 0.05) is 30.8 Å². The highest BCUT2D eigenvalue weighted by molar-refractivity contribution is 5.94. The van der Waals surface area contributed by atoms with E-state index in [-0.39, 0.29) is 24.4 Å². The molecule has 0 aromatic heterocycles. The Labute approximate surface area is 130 Å². The van der Waals surface area contributed by atoms with E-state index >= 15 is 0 Å². The number of rotatable bonds is 9. The van der Waals surface area contributed by atoms with Gasteiger partial charge < -0.3 is 20.5 Å². The number of methoxy groups -OCH3 is 1. The van der Waals surface area contributed by atoms with Crippen LogP contribution in [0.3, 0.4) is 0 Å². The minimum absolute atomic E-state index is 0.000967. The molecule has 22 heavy (non-hydrogen) atoms. The molecule has 6 heteroatoms. The number of nitrogens with two attached hydrogens (primary N) is 1. The number of benzene rings is 1. The van der Waals surface area contributed by atoms with Crippen LogP contribution >= 0.6 is 0 Å². The first-order valence-corrected chi connectivity index (χ1v) is 7.51. The van der Waals surface area contributed by atoms with E-state index in [1.165, 1.54) is 18.2 Å². The normalized spacial score (nSPS) is 15.6. The fourth-order valence-electron chi connectivity index (χ4n) is 2.27. The molecule has 1 unspecified atom stereocenters. The molecule has 1 aliphatic carbocycles. The average Bonchev–Trinajstić information content (AvgIpc) is 3.35. The van der Waals surface area contributed by atoms with Gasteiger partial charge in [0.2, 0.25) is 0 Å². The molecule has 2 rings (SSSR count). The van der Waals surface area contributed by atoms with Crippen molar-refractivity contribution in [3.63, 3.8) is 0 Å². The predicted octanol–water partition coefficient (Wildman–Crippen LogP) is 1.46. The summed E-state index contributed by atoms with van der Waals surface area (Å²) in [6, 6.07) is 4.29. The number of halogens is 1. The lowest BCUT2D eigenvalue weighted by molar-refractivity contribution is 0.0603. The molecule has 1 amide bonds. The van der Waals surface area contributed by atoms with Crippen molar-refractivity contribution in [1.82, 2.24) is 5.32 Å². The summed E-state index contributed by atoms with van der Waals surface area (Å²) in [6.07, 6.45) is 2.20. The van der Waals surface area contributed by atoms with Crippen LogP contribution in [0.15, 0.2) is 18.2 Å². The number of nitrogens with one attached hydrogen (secondary N) is 1. The molecule has 0 spiro atoms. The van der Waals surface area contributed by atoms with E-state index in [1.54, 1.807) is 7.11 Å². The van der Waals surface area contributed by atoms with Crippen molar-refractivity contribution in [2.75, 3.05) is 26.9 Å². The summed E-state index contributed by atoms with van der Waals surface area (Å²) >= 11 is 0. The zero-order valence-corrected chi connectivity index (χ0v) is 12.8. The molecule has 0 heterocycles. The zero-order valence-electron chi connectivity index (χ0n) is 12.8. The molecule has 1 fully saturated rings. The average molecular weight is 310 g/mol. The maximum Gasteiger partial charge on any atom is 0.251 e. The van der Waals surface area contributed by atoms with Crippen molar-refractivity contribution in [1.29, 1.82) is 0 Å². The smallest absolute Gasteiger partial charge is 0.251 e. The number of ether oxygens (including phenoxy) is 2. The summed E-state index contributed by atoms with van der Waals surface area (Å²) in [5.41, 5.74) is 6.46. The summed E-state index contributed by atoms with van der Waals surface area (Å²) in [7, 11) is 1.57. The Morgan fingerprint density at radius 2 is 2.23 bits per heavy atom. The van der Waals surface area contributed by atoms with E-state index in [0.29, 0.717) is 36.8 Å². The standard InChI is InChI=1S/C16H23FN2O3/c1-21-6-7-22-10-13-8-12(4-5-14(13)17)16(20)19-15(9-18)11-2-3-11/h4-5,8,11,15H,2-3,6-7,9-10,18H2,1H3,(H,19,20). The molecule has 3 N–H and O–H groups in total. The van der Waals surface area contributed by atoms with Crippen molar-refractivity contribution in [3.8, 4) is 0 Å². The molecular formula is C16H23FN2O3. The summed E-state index contributed by atoms with van der Waals surface area (Å²) in [4.78, 5) is 12.2. The van der Waals surface area contributed by atoms with Gasteiger partial charge in [-0.15, -0.1) is 0 Å². The minimum atomic E-state index is -0.383. The third-order valence-corrected chi connectivity index (χ3v) is 3.76. The first-order valence-electron chi connectivity index (χ1n) is 7.51. The molecule has 5 nitrogen and oxygen atoms in total. The Kier molecular flexibility index (Phi) is 6.30. The van der Waals surface area contributed by atoms with Gasteiger partial charge in [-0.2, -0.15) is 0 Å². The number of carbonyl (C=O) groups excluding carboxylic acids is 1. The zero-order chi connectivity index (χ0) is 15.9. The summed E-state index contributed by atoms with van der Waals surface area (Å²) < 4.78 is 23.9. The Morgan fingerprint density at radius 1 is 1.45 bits per heavy atom. The molecule has 1 aromatic rings. The van der Waals surface area contributed by atoms with Gasteiger partial charge >= 0.3 is 0 Å². The fourth-order valence-corrected chi connectivity index (χ4v) is 2.27. The molecule has 1 aliphatic rings. The van der Waals surface area contributed by atoms with E-state index in [1.807, 2.05) is 0 Å². The summed E-state index contributed by atoms with van der Waals surface area (Å²) in [6.45, 7) is 1.36. The van der Waals surface area contributed by atoms with Crippen molar-refractivity contribution in [2.45, 2.75) is 25.5 Å². The van der Waals surface area contributed by atoms with Gasteiger partial charge in [-0.25, -0.2) is 4.39 Å². The fraction of sp³-hybridized carbons (Fsp3) is 0.562. The number of hydrogen-bond acceptors (Lipinski definition) is 4. The summed E-state index contributed by atoms with van der Waals surface area (Å²) in [5.74, 6) is -0.127. The molecule has 0 saturated heterocycles. The van der Waals surface area contributed by atoms with Crippen molar-refractivity contribution < 1.29 is 18.7 Å². The van der Waals surface area contributed by atoms with E-state index in [4.69, 9.17) is 15.2 Å². The predicted molar refractivity (Wildman–Crippen MR) is 81.0 cm³/mol. The maximum atomic E-state index is 13.7. The van der Waals surface area contributed by atoms with Crippen LogP contribution in [0.25, 0.3) is 0 Å². The Balaban J connectivity index is 1.96. The number of amides is 1. The second-order valence-electron chi connectivity index (χ2n) is 5.50. The highest BCUT2D eigenvalue weighted by atomic mass is 19.1. The third-order valence-electron chi connectivity index (χ3n) is 3.76. The largest absolute Gasteiger partial charge is 0.382 e. The van der Waals surface area contributed by atoms with Crippen molar-refractivity contribution in [2.24, 2.45) is 11.7 Å². The van der Waals surface area contributed by atoms with E-state index in [2.05, 4.69) is 5.32 Å². The minimum Gasteiger partial charge on any atom is -0.382 e. The lowest BCUT2D eigenvalue weighted by Gasteiger charge is -2.16. The van der Waals surface area contributed by atoms with Crippen molar-refractivity contribution in [3.05, 3.63) is 35.1 Å². The van der Waals surface area contributed by atoms with Gasteiger partial charge in [-0.1, -0.05) is 0 Å².